The molecule has 4 bridgehead atoms. The SMILES string of the molecule is CC(=O)O.C[C@@H]1C[C@@H]2C[C@H](C1)C[C@@H](N1C3CCC[C@H]1C[C@@H](N)C3)C2. The van der Waals surface area contributed by atoms with Crippen LogP contribution in [0.1, 0.15) is 78.1 Å². The number of hydrogen-bond acceptors (Lipinski definition) is 3. The van der Waals surface area contributed by atoms with Gasteiger partial charge < -0.3 is 10.8 Å². The fraction of sp³-hybridized carbons (Fsp3) is 0.950. The number of rotatable bonds is 1. The molecule has 4 fully saturated rings. The van der Waals surface area contributed by atoms with E-state index in [1.165, 1.54) is 57.8 Å². The Morgan fingerprint density at radius 3 is 1.92 bits per heavy atom. The molecule has 0 radical (unpaired) electrons. The van der Waals surface area contributed by atoms with E-state index in [0.717, 1.165) is 42.8 Å². The highest BCUT2D eigenvalue weighted by molar-refractivity contribution is 5.62. The van der Waals surface area contributed by atoms with Gasteiger partial charge in [0.05, 0.1) is 0 Å². The van der Waals surface area contributed by atoms with Gasteiger partial charge in [0.15, 0.2) is 0 Å². The average molecular weight is 337 g/mol. The largest absolute Gasteiger partial charge is 0.481 e. The molecule has 1 unspecified atom stereocenters. The summed E-state index contributed by atoms with van der Waals surface area (Å²) >= 11 is 0. The van der Waals surface area contributed by atoms with Crippen molar-refractivity contribution >= 4 is 5.97 Å². The number of carboxylic acid groups (broad SMARTS) is 1. The zero-order valence-electron chi connectivity index (χ0n) is 15.5. The summed E-state index contributed by atoms with van der Waals surface area (Å²) in [6.45, 7) is 3.56. The lowest BCUT2D eigenvalue weighted by atomic mass is 9.65. The predicted octanol–water partition coefficient (Wildman–Crippen LogP) is 3.64. The molecule has 24 heavy (non-hydrogen) atoms. The van der Waals surface area contributed by atoms with E-state index in [2.05, 4.69) is 11.8 Å². The van der Waals surface area contributed by atoms with Gasteiger partial charge in [-0.2, -0.15) is 0 Å². The van der Waals surface area contributed by atoms with Gasteiger partial charge in [-0.25, -0.2) is 0 Å². The highest BCUT2D eigenvalue weighted by Crippen LogP contribution is 2.47. The van der Waals surface area contributed by atoms with Crippen LogP contribution in [0.4, 0.5) is 0 Å². The maximum atomic E-state index is 9.00. The molecule has 0 aromatic carbocycles. The molecule has 2 saturated heterocycles. The molecular formula is C20H36N2O2. The normalized spacial score (nSPS) is 45.0. The Hall–Kier alpha value is -0.610. The topological polar surface area (TPSA) is 66.6 Å². The van der Waals surface area contributed by atoms with Crippen LogP contribution in [0.25, 0.3) is 0 Å². The molecule has 4 rings (SSSR count). The number of piperidine rings is 2. The molecular weight excluding hydrogens is 300 g/mol. The molecule has 0 spiro atoms. The molecule has 0 aromatic heterocycles. The minimum atomic E-state index is -0.833. The standard InChI is InChI=1S/C18H32N2.C2H4O2/c1-12-5-13-7-14(6-12)9-18(8-13)20-16-3-2-4-17(20)11-15(19)10-16;1-2(3)4/h12-18H,2-11,19H2,1H3;1H3,(H,3,4)/t12-,13-,14+,15-,16+,17?,18+;/m1./s1. The molecule has 2 aliphatic heterocycles. The zero-order chi connectivity index (χ0) is 17.3. The maximum Gasteiger partial charge on any atom is 0.300 e. The van der Waals surface area contributed by atoms with Crippen molar-refractivity contribution in [1.82, 2.24) is 4.90 Å². The molecule has 4 nitrogen and oxygen atoms in total. The van der Waals surface area contributed by atoms with E-state index in [1.807, 2.05) is 0 Å². The first-order valence-corrected chi connectivity index (χ1v) is 10.1. The Morgan fingerprint density at radius 1 is 0.917 bits per heavy atom. The summed E-state index contributed by atoms with van der Waals surface area (Å²) in [7, 11) is 0. The summed E-state index contributed by atoms with van der Waals surface area (Å²) in [6, 6.07) is 3.07. The van der Waals surface area contributed by atoms with Gasteiger partial charge in [0.25, 0.3) is 5.97 Å². The lowest BCUT2D eigenvalue weighted by Gasteiger charge is -2.55. The fourth-order valence-electron chi connectivity index (χ4n) is 6.45. The van der Waals surface area contributed by atoms with E-state index < -0.39 is 5.97 Å². The summed E-state index contributed by atoms with van der Waals surface area (Å²) in [5.74, 6) is 2.24. The van der Waals surface area contributed by atoms with E-state index in [4.69, 9.17) is 15.6 Å². The van der Waals surface area contributed by atoms with E-state index in [-0.39, 0.29) is 0 Å². The van der Waals surface area contributed by atoms with Crippen molar-refractivity contribution < 1.29 is 9.90 Å². The first-order valence-electron chi connectivity index (χ1n) is 10.1. The molecule has 2 aliphatic carbocycles. The smallest absolute Gasteiger partial charge is 0.300 e. The van der Waals surface area contributed by atoms with E-state index in [1.54, 1.807) is 6.42 Å². The van der Waals surface area contributed by atoms with Crippen molar-refractivity contribution in [3.63, 3.8) is 0 Å². The van der Waals surface area contributed by atoms with Crippen molar-refractivity contribution in [2.24, 2.45) is 23.5 Å². The van der Waals surface area contributed by atoms with Crippen LogP contribution in [0.3, 0.4) is 0 Å². The molecule has 7 atom stereocenters. The third-order valence-electron chi connectivity index (χ3n) is 6.84. The van der Waals surface area contributed by atoms with E-state index >= 15 is 0 Å². The van der Waals surface area contributed by atoms with Gasteiger partial charge in [0.2, 0.25) is 0 Å². The number of nitrogens with zero attached hydrogens (tertiary/aromatic N) is 1. The molecule has 4 heteroatoms. The second kappa shape index (κ2) is 7.74. The van der Waals surface area contributed by atoms with Crippen molar-refractivity contribution in [2.45, 2.75) is 102 Å². The summed E-state index contributed by atoms with van der Waals surface area (Å²) in [5, 5.41) is 7.42. The number of fused-ring (bicyclic) bond motifs is 4. The number of carboxylic acids is 1. The summed E-state index contributed by atoms with van der Waals surface area (Å²) in [5.41, 5.74) is 6.30. The first-order chi connectivity index (χ1) is 11.4. The summed E-state index contributed by atoms with van der Waals surface area (Å²) in [4.78, 5) is 12.0. The molecule has 0 aromatic rings. The number of nitrogens with two attached hydrogens (primary N) is 1. The second-order valence-corrected chi connectivity index (χ2v) is 9.11. The molecule has 2 saturated carbocycles. The predicted molar refractivity (Wildman–Crippen MR) is 96.8 cm³/mol. The van der Waals surface area contributed by atoms with Crippen LogP contribution in [-0.2, 0) is 4.79 Å². The Morgan fingerprint density at radius 2 is 1.42 bits per heavy atom. The quantitative estimate of drug-likeness (QED) is 0.767. The zero-order valence-corrected chi connectivity index (χ0v) is 15.5. The maximum absolute atomic E-state index is 9.00. The van der Waals surface area contributed by atoms with Gasteiger partial charge in [-0.3, -0.25) is 9.69 Å². The Bertz CT molecular complexity index is 405. The van der Waals surface area contributed by atoms with Crippen molar-refractivity contribution in [3.8, 4) is 0 Å². The number of aliphatic carboxylic acids is 1. The van der Waals surface area contributed by atoms with Crippen LogP contribution in [0.2, 0.25) is 0 Å². The fourth-order valence-corrected chi connectivity index (χ4v) is 6.45. The highest BCUT2D eigenvalue weighted by atomic mass is 16.4. The number of carbonyl (C=O) groups is 1. The van der Waals surface area contributed by atoms with Crippen LogP contribution in [0.5, 0.6) is 0 Å². The molecule has 138 valence electrons. The van der Waals surface area contributed by atoms with Gasteiger partial charge in [-0.15, -0.1) is 0 Å². The van der Waals surface area contributed by atoms with E-state index in [9.17, 15) is 0 Å². The summed E-state index contributed by atoms with van der Waals surface area (Å²) in [6.07, 6.45) is 14.4. The molecule has 0 amide bonds. The average Bonchev–Trinajstić information content (AvgIpc) is 2.44. The van der Waals surface area contributed by atoms with Crippen LogP contribution in [0, 0.1) is 17.8 Å². The van der Waals surface area contributed by atoms with Crippen LogP contribution < -0.4 is 5.73 Å². The monoisotopic (exact) mass is 336 g/mol. The Labute approximate surface area is 147 Å². The van der Waals surface area contributed by atoms with E-state index in [0.29, 0.717) is 6.04 Å². The van der Waals surface area contributed by atoms with Gasteiger partial charge >= 0.3 is 0 Å². The van der Waals surface area contributed by atoms with Crippen LogP contribution >= 0.6 is 0 Å². The third-order valence-corrected chi connectivity index (χ3v) is 6.84. The van der Waals surface area contributed by atoms with Crippen molar-refractivity contribution in [1.29, 1.82) is 0 Å². The molecule has 3 N–H and O–H groups in total. The van der Waals surface area contributed by atoms with Crippen LogP contribution in [-0.4, -0.2) is 40.1 Å². The summed E-state index contributed by atoms with van der Waals surface area (Å²) < 4.78 is 0. The number of hydrogen-bond donors (Lipinski definition) is 2. The first kappa shape index (κ1) is 18.2. The van der Waals surface area contributed by atoms with Gasteiger partial charge in [-0.1, -0.05) is 13.3 Å². The van der Waals surface area contributed by atoms with Crippen molar-refractivity contribution in [3.05, 3.63) is 0 Å². The molecule has 2 heterocycles. The minimum Gasteiger partial charge on any atom is -0.481 e. The van der Waals surface area contributed by atoms with Crippen LogP contribution in [0.15, 0.2) is 0 Å². The third kappa shape index (κ3) is 4.32. The molecule has 4 aliphatic rings. The second-order valence-electron chi connectivity index (χ2n) is 9.11. The van der Waals surface area contributed by atoms with Gasteiger partial charge in [0.1, 0.15) is 0 Å². The van der Waals surface area contributed by atoms with Gasteiger partial charge in [0, 0.05) is 31.1 Å². The highest BCUT2D eigenvalue weighted by Gasteiger charge is 2.44. The lowest BCUT2D eigenvalue weighted by Crippen LogP contribution is -2.60. The lowest BCUT2D eigenvalue weighted by molar-refractivity contribution is -0.134. The minimum absolute atomic E-state index is 0.490. The Kier molecular flexibility index (Phi) is 5.86. The Balaban J connectivity index is 0.000000383. The van der Waals surface area contributed by atoms with Crippen molar-refractivity contribution in [2.75, 3.05) is 0 Å². The van der Waals surface area contributed by atoms with Gasteiger partial charge in [-0.05, 0) is 75.5 Å².